The van der Waals surface area contributed by atoms with E-state index in [1.807, 2.05) is 45.9 Å². The number of hydrogen-bond acceptors (Lipinski definition) is 9. The first-order valence-electron chi connectivity index (χ1n) is 31.0. The number of amides is 2. The van der Waals surface area contributed by atoms with Crippen LogP contribution in [0.1, 0.15) is 204 Å². The highest BCUT2D eigenvalue weighted by atomic mass is 16.6. The van der Waals surface area contributed by atoms with Crippen molar-refractivity contribution in [1.82, 2.24) is 10.6 Å². The molecule has 0 aromatic heterocycles. The summed E-state index contributed by atoms with van der Waals surface area (Å²) in [6.07, 6.45) is 16.6. The Bertz CT molecular complexity index is 2880. The maximum Gasteiger partial charge on any atom is 0.424 e. The minimum absolute atomic E-state index is 0.00411. The lowest BCUT2D eigenvalue weighted by atomic mass is 9.34. The molecule has 0 spiro atoms. The molecule has 0 radical (unpaired) electrons. The van der Waals surface area contributed by atoms with Gasteiger partial charge in [-0.25, -0.2) is 21.0 Å². The average Bonchev–Trinajstić information content (AvgIpc) is 3.13. The molecule has 434 valence electrons. The summed E-state index contributed by atoms with van der Waals surface area (Å²) in [6, 6.07) is 0. The van der Waals surface area contributed by atoms with Gasteiger partial charge in [0.15, 0.2) is 23.5 Å². The van der Waals surface area contributed by atoms with Crippen molar-refractivity contribution in [2.75, 3.05) is 14.2 Å². The van der Waals surface area contributed by atoms with Gasteiger partial charge in [-0.05, 0) is 158 Å². The first-order chi connectivity index (χ1) is 37.5. The Kier molecular flexibility index (Phi) is 13.3. The molecular weight excluding hydrogens is 993 g/mol. The molecule has 1 saturated heterocycles. The van der Waals surface area contributed by atoms with E-state index in [-0.39, 0.29) is 96.8 Å². The van der Waals surface area contributed by atoms with Gasteiger partial charge in [-0.15, -0.1) is 0 Å². The molecule has 79 heavy (non-hydrogen) atoms. The number of alkyl carbamates (subject to hydrolysis) is 2. The molecule has 0 aromatic carbocycles. The second kappa shape index (κ2) is 18.2. The smallest absolute Gasteiger partial charge is 0.424 e. The van der Waals surface area contributed by atoms with Crippen LogP contribution < -0.4 is 10.6 Å². The number of Topliss-reactive ketones (excluding diaryl/α,β-unsaturated/α-hetero) is 2. The number of hydrogen-bond donors (Lipinski definition) is 2. The standard InChI is InChI=1S/C32H44N2O5.C32H44N2O4.2CH4/c1-26(2)12-14-31(34-25(37)38-9)15-13-29(6)22(18(31)17-26)19(35)16-21-28(29,5)11-10-20-27(3,4)23(36)32(33-8)24(39-32)30(20,21)7;1-27(2)12-14-32(34-26(37)38-9)15-13-31(7)24(19(32)17-27)21(35)16-23-29(5)18-20(33-8)25(36)28(3,4)22(29)10-11-30(23,31)6;;/h16,18,20,22,24H,10-15,17H2,1-7,9H3,(H,34,37);16,18-19,22,24H,10-15,17H2,1-7,9H3,(H,34,37);2*1H4/t18-,20-,22-,24+,28+,29+,30-,31-,32-;19-,22-,24-,29-,30+,31+,32-;;/m00../s1/i;;2*1T. The molecule has 1 aliphatic heterocycles. The van der Waals surface area contributed by atoms with E-state index in [1.165, 1.54) is 29.0 Å². The summed E-state index contributed by atoms with van der Waals surface area (Å²) >= 11 is 0. The Hall–Kier alpha value is -4.62. The highest BCUT2D eigenvalue weighted by Crippen LogP contribution is 2.78. The summed E-state index contributed by atoms with van der Waals surface area (Å²) in [5.41, 5.74) is -3.38. The number of nitrogens with zero attached hydrogens (tertiary/aromatic N) is 2. The van der Waals surface area contributed by atoms with Crippen molar-refractivity contribution in [3.8, 4) is 0 Å². The van der Waals surface area contributed by atoms with Crippen LogP contribution in [0.3, 0.4) is 0 Å². The van der Waals surface area contributed by atoms with E-state index in [0.717, 1.165) is 101 Å². The molecule has 11 aliphatic rings. The largest absolute Gasteiger partial charge is 0.453 e. The third-order valence-corrected chi connectivity index (χ3v) is 25.6. The summed E-state index contributed by atoms with van der Waals surface area (Å²) < 4.78 is 27.7. The van der Waals surface area contributed by atoms with Gasteiger partial charge in [-0.1, -0.05) is 129 Å². The lowest BCUT2D eigenvalue weighted by Crippen LogP contribution is -2.70. The lowest BCUT2D eigenvalue weighted by Gasteiger charge is -2.69. The zero-order chi connectivity index (χ0) is 60.7. The lowest BCUT2D eigenvalue weighted by molar-refractivity contribution is -0.165. The maximum atomic E-state index is 14.5. The number of ether oxygens (including phenoxy) is 3. The minimum atomic E-state index is -1.42. The monoisotopic (exact) mass is 1090 g/mol. The van der Waals surface area contributed by atoms with Crippen LogP contribution in [0.15, 0.2) is 35.1 Å². The van der Waals surface area contributed by atoms with Gasteiger partial charge in [0.05, 0.1) is 20.8 Å². The van der Waals surface area contributed by atoms with Crippen molar-refractivity contribution >= 4 is 35.3 Å². The molecule has 0 bridgehead atoms. The van der Waals surface area contributed by atoms with Crippen LogP contribution in [0, 0.1) is 103 Å². The molecule has 0 unspecified atom stereocenters. The Morgan fingerprint density at radius 1 is 0.620 bits per heavy atom. The van der Waals surface area contributed by atoms with Gasteiger partial charge >= 0.3 is 17.9 Å². The molecule has 7 saturated carbocycles. The predicted molar refractivity (Wildman–Crippen MR) is 304 cm³/mol. The van der Waals surface area contributed by atoms with E-state index in [0.29, 0.717) is 0 Å². The van der Waals surface area contributed by atoms with Gasteiger partial charge in [-0.2, -0.15) is 0 Å². The van der Waals surface area contributed by atoms with Gasteiger partial charge in [0.2, 0.25) is 5.70 Å². The topological polar surface area (TPSA) is 166 Å². The molecule has 13 nitrogen and oxygen atoms in total. The third kappa shape index (κ3) is 7.70. The quantitative estimate of drug-likeness (QED) is 0.202. The molecule has 2 amide bonds. The molecule has 16 atom stereocenters. The Morgan fingerprint density at radius 2 is 1.05 bits per heavy atom. The first kappa shape index (κ1) is 57.6. The fraction of sp³-hybridized carbons (Fsp3) is 0.788. The zero-order valence-electron chi connectivity index (χ0n) is 53.2. The molecule has 0 aromatic rings. The first-order valence-corrected chi connectivity index (χ1v) is 29.0. The number of carbonyl (C=O) groups is 6. The molecule has 2 N–H and O–H groups in total. The highest BCUT2D eigenvalue weighted by molar-refractivity contribution is 6.03. The SMILES string of the molecule is [3H]C.[3H]C.[C-]#[N+]C1=C[C@]2(C)C3=CC(=O)[C@@H]4[C@@H]5CC(C)(C)CC[C@]5(NC(=O)OC)CC[C@@]4(C)[C@]3(C)CC[C@H]2C(C)(C)C1=O.[C-]#[N+][C@@]12O[C@@H]1[C@]1(C)C3=CC(=O)[C@@H]4[C@@H]5CC(C)(C)CC[C@]5(NC(=O)OC)CC[C@@]4(C)[C@]3(C)CC[C@H]1C(C)(C)C2=O. The average molecular weight is 1090 g/mol. The summed E-state index contributed by atoms with van der Waals surface area (Å²) in [7, 11) is 5.31. The zero-order valence-corrected chi connectivity index (χ0v) is 51.2. The van der Waals surface area contributed by atoms with Gasteiger partial charge in [0, 0.05) is 47.3 Å². The second-order valence-corrected chi connectivity index (χ2v) is 30.7. The Labute approximate surface area is 476 Å². The number of epoxide rings is 1. The van der Waals surface area contributed by atoms with E-state index in [1.54, 1.807) is 0 Å². The van der Waals surface area contributed by atoms with Crippen LogP contribution in [0.2, 0.25) is 0 Å². The van der Waals surface area contributed by atoms with E-state index in [2.05, 4.69) is 89.6 Å². The third-order valence-electron chi connectivity index (χ3n) is 25.6. The van der Waals surface area contributed by atoms with Gasteiger partial charge in [0.1, 0.15) is 0 Å². The summed E-state index contributed by atoms with van der Waals surface area (Å²) in [6.45, 7) is 46.3. The normalized spacial score (nSPS) is 46.6. The molecule has 13 heteroatoms. The van der Waals surface area contributed by atoms with E-state index >= 15 is 0 Å². The summed E-state index contributed by atoms with van der Waals surface area (Å²) in [5.74, 6) is -0.250. The Morgan fingerprint density at radius 3 is 1.49 bits per heavy atom. The molecule has 10 aliphatic carbocycles. The van der Waals surface area contributed by atoms with Crippen molar-refractivity contribution < 1.29 is 45.7 Å². The van der Waals surface area contributed by atoms with Crippen LogP contribution in [0.4, 0.5) is 9.59 Å². The van der Waals surface area contributed by atoms with Crippen molar-refractivity contribution in [2.24, 2.45) is 89.7 Å². The van der Waals surface area contributed by atoms with Crippen molar-refractivity contribution in [3.63, 3.8) is 0 Å². The van der Waals surface area contributed by atoms with Gasteiger partial charge in [-0.3, -0.25) is 24.0 Å². The van der Waals surface area contributed by atoms with Crippen molar-refractivity contribution in [1.29, 1.82) is 0 Å². The van der Waals surface area contributed by atoms with E-state index < -0.39 is 56.8 Å². The summed E-state index contributed by atoms with van der Waals surface area (Å²) in [4.78, 5) is 88.3. The fourth-order valence-corrected chi connectivity index (χ4v) is 21.0. The van der Waals surface area contributed by atoms with Gasteiger partial charge in [0.25, 0.3) is 5.78 Å². The van der Waals surface area contributed by atoms with Crippen molar-refractivity contribution in [2.45, 2.75) is 225 Å². The molecular formula is C66H96N4O9. The number of carbonyl (C=O) groups excluding carboxylic acids is 6. The summed E-state index contributed by atoms with van der Waals surface area (Å²) in [5, 5.41) is 6.49. The molecule has 8 fully saturated rings. The number of methoxy groups -OCH3 is 2. The van der Waals surface area contributed by atoms with Crippen LogP contribution in [0.5, 0.6) is 0 Å². The molecule has 11 rings (SSSR count). The van der Waals surface area contributed by atoms with Crippen molar-refractivity contribution in [3.05, 3.63) is 57.9 Å². The van der Waals surface area contributed by atoms with E-state index in [9.17, 15) is 28.8 Å². The number of fused-ring (bicyclic) bond motifs is 16. The van der Waals surface area contributed by atoms with Gasteiger partial charge < -0.3 is 24.9 Å². The number of ketones is 4. The van der Waals surface area contributed by atoms with Crippen LogP contribution >= 0.6 is 0 Å². The Balaban J connectivity index is 0.000000200. The van der Waals surface area contributed by atoms with E-state index in [4.69, 9.17) is 30.1 Å². The highest BCUT2D eigenvalue weighted by Gasteiger charge is 2.87. The molecule has 1 heterocycles. The fourth-order valence-electron chi connectivity index (χ4n) is 21.0. The maximum absolute atomic E-state index is 14.5. The number of nitrogens with one attached hydrogen (secondary N) is 2. The van der Waals surface area contributed by atoms with Crippen LogP contribution in [0.25, 0.3) is 9.69 Å². The minimum Gasteiger partial charge on any atom is -0.453 e. The predicted octanol–water partition coefficient (Wildman–Crippen LogP) is 13.8. The second-order valence-electron chi connectivity index (χ2n) is 30.7. The number of allylic oxidation sites excluding steroid dienone is 5. The van der Waals surface area contributed by atoms with Crippen LogP contribution in [-0.2, 0) is 33.4 Å². The number of rotatable bonds is 2. The van der Waals surface area contributed by atoms with Crippen LogP contribution in [-0.4, -0.2) is 72.4 Å².